The summed E-state index contributed by atoms with van der Waals surface area (Å²) in [6.07, 6.45) is -2.18. The molecule has 8 N–H and O–H groups in total. The molecule has 4 unspecified atom stereocenters. The molecule has 0 aliphatic carbocycles. The van der Waals surface area contributed by atoms with Gasteiger partial charge in [-0.2, -0.15) is 5.26 Å². The highest BCUT2D eigenvalue weighted by molar-refractivity contribution is 6.32. The summed E-state index contributed by atoms with van der Waals surface area (Å²) in [5, 5.41) is 66.7. The Kier molecular flexibility index (Phi) is 14.5. The highest BCUT2D eigenvalue weighted by atomic mass is 35.5. The van der Waals surface area contributed by atoms with Gasteiger partial charge in [-0.25, -0.2) is 5.01 Å². The van der Waals surface area contributed by atoms with Gasteiger partial charge in [0.05, 0.1) is 46.8 Å². The largest absolute Gasteiger partial charge is 0.492 e. The summed E-state index contributed by atoms with van der Waals surface area (Å²) in [5.41, 5.74) is 5.97. The number of aromatic nitrogens is 1. The van der Waals surface area contributed by atoms with E-state index in [2.05, 4.69) is 27.1 Å². The summed E-state index contributed by atoms with van der Waals surface area (Å²) in [6, 6.07) is 20.4. The Bertz CT molecular complexity index is 1840. The second-order valence-electron chi connectivity index (χ2n) is 11.4. The number of amides is 1. The molecule has 4 aromatic rings. The monoisotopic (exact) mass is 720 g/mol. The van der Waals surface area contributed by atoms with Crippen molar-refractivity contribution in [3.8, 4) is 17.6 Å². The average molecular weight is 721 g/mol. The van der Waals surface area contributed by atoms with Crippen LogP contribution in [0.1, 0.15) is 18.1 Å². The normalized spacial score (nSPS) is 13.8. The van der Waals surface area contributed by atoms with E-state index in [9.17, 15) is 30.5 Å². The molecule has 4 rings (SSSR count). The number of aliphatic hydroxyl groups excluding tert-OH is 5. The molecule has 0 saturated heterocycles. The Hall–Kier alpha value is -4.82. The first-order valence-electron chi connectivity index (χ1n) is 16.0. The number of hydrogen-bond donors (Lipinski definition) is 8. The van der Waals surface area contributed by atoms with Crippen LogP contribution in [-0.2, 0) is 11.4 Å². The van der Waals surface area contributed by atoms with Crippen LogP contribution in [0.4, 0.5) is 17.1 Å². The second-order valence-corrected chi connectivity index (χ2v) is 11.8. The highest BCUT2D eigenvalue weighted by Crippen LogP contribution is 2.37. The van der Waals surface area contributed by atoms with Crippen molar-refractivity contribution in [2.24, 2.45) is 0 Å². The van der Waals surface area contributed by atoms with E-state index in [0.29, 0.717) is 57.7 Å². The molecule has 0 aliphatic heterocycles. The van der Waals surface area contributed by atoms with Crippen molar-refractivity contribution in [1.29, 1.82) is 5.26 Å². The quantitative estimate of drug-likeness (QED) is 0.0550. The third-order valence-corrected chi connectivity index (χ3v) is 7.93. The van der Waals surface area contributed by atoms with Crippen molar-refractivity contribution < 1.29 is 39.8 Å². The minimum Gasteiger partial charge on any atom is -0.492 e. The molecule has 3 aromatic carbocycles. The Morgan fingerprint density at radius 1 is 1.04 bits per heavy atom. The van der Waals surface area contributed by atoms with Gasteiger partial charge < -0.3 is 45.6 Å². The maximum atomic E-state index is 13.0. The molecule has 0 spiro atoms. The zero-order valence-corrected chi connectivity index (χ0v) is 28.8. The molecule has 0 radical (unpaired) electrons. The van der Waals surface area contributed by atoms with Crippen LogP contribution < -0.4 is 25.5 Å². The number of fused-ring (bicyclic) bond motifs is 1. The first kappa shape index (κ1) is 39.0. The summed E-state index contributed by atoms with van der Waals surface area (Å²) in [6.45, 7) is 1.71. The molecule has 1 aromatic heterocycles. The molecular formula is C36H41ClN6O8. The third-order valence-electron chi connectivity index (χ3n) is 7.63. The number of hydrazine groups is 1. The minimum absolute atomic E-state index is 0.185. The molecule has 4 atom stereocenters. The van der Waals surface area contributed by atoms with Gasteiger partial charge in [0, 0.05) is 49.6 Å². The lowest BCUT2D eigenvalue weighted by Crippen LogP contribution is -2.51. The predicted octanol–water partition coefficient (Wildman–Crippen LogP) is 2.85. The van der Waals surface area contributed by atoms with E-state index in [1.807, 2.05) is 30.3 Å². The molecule has 0 aliphatic rings. The first-order chi connectivity index (χ1) is 24.5. The molecule has 51 heavy (non-hydrogen) atoms. The number of halogens is 1. The first-order valence-corrected chi connectivity index (χ1v) is 16.4. The van der Waals surface area contributed by atoms with Crippen LogP contribution in [0.15, 0.2) is 79.0 Å². The lowest BCUT2D eigenvalue weighted by Gasteiger charge is -2.27. The topological polar surface area (TPSA) is 213 Å². The number of nitrogens with zero attached hydrogens (tertiary/aromatic N) is 3. The average Bonchev–Trinajstić information content (AvgIpc) is 3.13. The number of ether oxygens (including phenoxy) is 2. The van der Waals surface area contributed by atoms with Crippen LogP contribution in [0.25, 0.3) is 10.9 Å². The van der Waals surface area contributed by atoms with Gasteiger partial charge in [-0.1, -0.05) is 48.0 Å². The van der Waals surface area contributed by atoms with Crippen molar-refractivity contribution in [1.82, 2.24) is 15.4 Å². The number of carbonyl (C=O) groups is 1. The summed E-state index contributed by atoms with van der Waals surface area (Å²) >= 11 is 6.56. The lowest BCUT2D eigenvalue weighted by molar-refractivity contribution is -0.116. The standard InChI is InChI=1S/C36H41ClN6O8/c1-3-50-32-16-27-25(15-28(32)42-33(47)10-7-13-43(2)40-19-29(45)35(48)36(49)30(46)20-44)34(23(17-38)18-39-27)41-24-11-12-31(26(37)14-24)51-21-22-8-5-4-6-9-22/h4-12,14-16,18,29-30,35-36,40,44-46,48-49H,3,13,19-21H2,1-2H3,(H,39,41)(H,42,47). The zero-order valence-electron chi connectivity index (χ0n) is 28.0. The van der Waals surface area contributed by atoms with Gasteiger partial charge in [0.25, 0.3) is 0 Å². The van der Waals surface area contributed by atoms with E-state index < -0.39 is 36.9 Å². The summed E-state index contributed by atoms with van der Waals surface area (Å²) in [4.78, 5) is 17.4. The Morgan fingerprint density at radius 3 is 2.47 bits per heavy atom. The number of nitriles is 1. The van der Waals surface area contributed by atoms with Crippen molar-refractivity contribution in [2.75, 3.05) is 44.0 Å². The van der Waals surface area contributed by atoms with Gasteiger partial charge in [-0.3, -0.25) is 15.2 Å². The number of hydrogen-bond acceptors (Lipinski definition) is 13. The molecule has 0 fully saturated rings. The number of pyridine rings is 1. The molecule has 0 bridgehead atoms. The van der Waals surface area contributed by atoms with Crippen molar-refractivity contribution in [2.45, 2.75) is 37.9 Å². The minimum atomic E-state index is -1.73. The van der Waals surface area contributed by atoms with E-state index in [1.54, 1.807) is 50.4 Å². The number of anilines is 3. The SMILES string of the molecule is CCOc1cc2ncc(C#N)c(Nc3ccc(OCc4ccccc4)c(Cl)c3)c2cc1NC(=O)C=CCN(C)NCC(O)C(O)C(O)C(O)CO. The molecule has 1 heterocycles. The summed E-state index contributed by atoms with van der Waals surface area (Å²) < 4.78 is 11.7. The van der Waals surface area contributed by atoms with Gasteiger partial charge in [0.15, 0.2) is 0 Å². The van der Waals surface area contributed by atoms with Gasteiger partial charge in [0.1, 0.15) is 42.5 Å². The van der Waals surface area contributed by atoms with Crippen molar-refractivity contribution in [3.05, 3.63) is 95.2 Å². The molecule has 270 valence electrons. The number of aliphatic hydroxyl groups is 5. The Labute approximate surface area is 300 Å². The molecule has 0 saturated carbocycles. The van der Waals surface area contributed by atoms with E-state index in [4.69, 9.17) is 26.2 Å². The van der Waals surface area contributed by atoms with Crippen LogP contribution in [0, 0.1) is 11.3 Å². The maximum absolute atomic E-state index is 13.0. The van der Waals surface area contributed by atoms with Gasteiger partial charge in [-0.05, 0) is 36.8 Å². The zero-order chi connectivity index (χ0) is 36.9. The fourth-order valence-electron chi connectivity index (χ4n) is 4.88. The van der Waals surface area contributed by atoms with Crippen LogP contribution in [0.3, 0.4) is 0 Å². The molecular weight excluding hydrogens is 680 g/mol. The second kappa shape index (κ2) is 19.0. The Balaban J connectivity index is 1.46. The molecule has 15 heteroatoms. The number of rotatable bonds is 18. The lowest BCUT2D eigenvalue weighted by atomic mass is 10.0. The summed E-state index contributed by atoms with van der Waals surface area (Å²) in [7, 11) is 1.63. The van der Waals surface area contributed by atoms with Crippen LogP contribution in [0.2, 0.25) is 5.02 Å². The van der Waals surface area contributed by atoms with Gasteiger partial charge in [0.2, 0.25) is 5.91 Å². The van der Waals surface area contributed by atoms with Crippen LogP contribution in [-0.4, -0.2) is 99.2 Å². The Morgan fingerprint density at radius 2 is 1.78 bits per heavy atom. The van der Waals surface area contributed by atoms with E-state index in [0.717, 1.165) is 5.56 Å². The number of likely N-dealkylation sites (N-methyl/N-ethyl adjacent to an activating group) is 1. The van der Waals surface area contributed by atoms with E-state index in [-0.39, 0.29) is 18.7 Å². The number of nitrogens with one attached hydrogen (secondary N) is 3. The number of carbonyl (C=O) groups excluding carboxylic acids is 1. The van der Waals surface area contributed by atoms with E-state index >= 15 is 0 Å². The van der Waals surface area contributed by atoms with Crippen molar-refractivity contribution >= 4 is 45.5 Å². The van der Waals surface area contributed by atoms with Gasteiger partial charge >= 0.3 is 0 Å². The molecule has 1 amide bonds. The predicted molar refractivity (Wildman–Crippen MR) is 193 cm³/mol. The van der Waals surface area contributed by atoms with Crippen molar-refractivity contribution in [3.63, 3.8) is 0 Å². The third kappa shape index (κ3) is 10.8. The highest BCUT2D eigenvalue weighted by Gasteiger charge is 2.30. The fraction of sp³-hybridized carbons (Fsp3) is 0.306. The number of benzene rings is 3. The smallest absolute Gasteiger partial charge is 0.248 e. The summed E-state index contributed by atoms with van der Waals surface area (Å²) in [5.74, 6) is 0.397. The van der Waals surface area contributed by atoms with Gasteiger partial charge in [-0.15, -0.1) is 0 Å². The molecule has 14 nitrogen and oxygen atoms in total. The van der Waals surface area contributed by atoms with Crippen LogP contribution in [0.5, 0.6) is 11.5 Å². The maximum Gasteiger partial charge on any atom is 0.248 e. The fourth-order valence-corrected chi connectivity index (χ4v) is 5.11. The van der Waals surface area contributed by atoms with Crippen LogP contribution >= 0.6 is 11.6 Å². The van der Waals surface area contributed by atoms with E-state index in [1.165, 1.54) is 17.3 Å².